The Bertz CT molecular complexity index is 270. The molecule has 0 fully saturated rings. The third-order valence-electron chi connectivity index (χ3n) is 1.47. The average molecular weight is 260 g/mol. The fraction of sp³-hybridized carbons (Fsp3) is 0.500. The van der Waals surface area contributed by atoms with Crippen LogP contribution in [0, 0.1) is 0 Å². The van der Waals surface area contributed by atoms with Crippen LogP contribution in [0.15, 0.2) is 25.0 Å². The molecule has 0 aromatic carbocycles. The monoisotopic (exact) mass is 260 g/mol. The fourth-order valence-corrected chi connectivity index (χ4v) is 0.598. The predicted molar refractivity (Wildman–Crippen MR) is 65.9 cm³/mol. The summed E-state index contributed by atoms with van der Waals surface area (Å²) in [6.45, 7) is 8.37. The number of ether oxygens (including phenoxy) is 2. The minimum absolute atomic E-state index is 0.113. The van der Waals surface area contributed by atoms with Gasteiger partial charge in [0.2, 0.25) is 0 Å². The molecule has 0 unspecified atom stereocenters. The Morgan fingerprint density at radius 1 is 1.28 bits per heavy atom. The maximum absolute atomic E-state index is 10.3. The first-order chi connectivity index (χ1) is 8.49. The number of unbranched alkanes of at least 4 members (excludes halogenated alkanes) is 1. The molecule has 0 aromatic heterocycles. The number of hydrogen-bond acceptors (Lipinski definition) is 6. The van der Waals surface area contributed by atoms with Crippen molar-refractivity contribution in [2.75, 3.05) is 19.8 Å². The van der Waals surface area contributed by atoms with E-state index in [1.165, 1.54) is 6.08 Å². The van der Waals surface area contributed by atoms with E-state index in [1.54, 1.807) is 0 Å². The number of esters is 2. The molecule has 0 aromatic rings. The molecule has 0 bridgehead atoms. The van der Waals surface area contributed by atoms with Crippen molar-refractivity contribution < 1.29 is 29.3 Å². The van der Waals surface area contributed by atoms with Gasteiger partial charge in [-0.15, -0.1) is 0 Å². The van der Waals surface area contributed by atoms with Crippen LogP contribution in [-0.2, 0) is 19.1 Å². The topological polar surface area (TPSA) is 93.1 Å². The van der Waals surface area contributed by atoms with E-state index >= 15 is 0 Å². The summed E-state index contributed by atoms with van der Waals surface area (Å²) in [5.41, 5.74) is 0. The molecule has 6 heteroatoms. The van der Waals surface area contributed by atoms with Crippen molar-refractivity contribution in [3.63, 3.8) is 0 Å². The van der Waals surface area contributed by atoms with Crippen LogP contribution in [0.3, 0.4) is 0 Å². The first kappa shape index (κ1) is 18.5. The van der Waals surface area contributed by atoms with Crippen molar-refractivity contribution >= 4 is 11.9 Å². The Morgan fingerprint density at radius 2 is 1.89 bits per heavy atom. The zero-order valence-electron chi connectivity index (χ0n) is 10.6. The lowest BCUT2D eigenvalue weighted by molar-refractivity contribution is -0.143. The number of aliphatic hydroxyl groups excluding tert-OH is 2. The number of aliphatic hydroxyl groups is 2. The number of carbonyl (C=O) groups is 2. The molecular formula is C12H20O6. The third-order valence-corrected chi connectivity index (χ3v) is 1.47. The van der Waals surface area contributed by atoms with Crippen LogP contribution in [0.25, 0.3) is 0 Å². The van der Waals surface area contributed by atoms with Gasteiger partial charge in [-0.3, -0.25) is 0 Å². The Labute approximate surface area is 107 Å². The lowest BCUT2D eigenvalue weighted by Gasteiger charge is -1.98. The summed E-state index contributed by atoms with van der Waals surface area (Å²) in [6.07, 6.45) is 3.15. The van der Waals surface area contributed by atoms with Gasteiger partial charge >= 0.3 is 11.9 Å². The van der Waals surface area contributed by atoms with Gasteiger partial charge in [-0.2, -0.15) is 0 Å². The summed E-state index contributed by atoms with van der Waals surface area (Å²) < 4.78 is 8.89. The van der Waals surface area contributed by atoms with E-state index < -0.39 is 11.7 Å². The molecular weight excluding hydrogens is 240 g/mol. The van der Waals surface area contributed by atoms with E-state index in [9.17, 15) is 9.59 Å². The SMILES string of the molecule is C=C(O)C(=O)OCCO.C=CC(=O)OCCCC. The number of rotatable bonds is 7. The molecule has 0 radical (unpaired) electrons. The smallest absolute Gasteiger partial charge is 0.372 e. The van der Waals surface area contributed by atoms with Gasteiger partial charge in [-0.25, -0.2) is 9.59 Å². The van der Waals surface area contributed by atoms with Crippen molar-refractivity contribution in [3.05, 3.63) is 25.0 Å². The highest BCUT2D eigenvalue weighted by Gasteiger charge is 2.03. The Kier molecular flexibility index (Phi) is 13.6. The zero-order chi connectivity index (χ0) is 14.4. The highest BCUT2D eigenvalue weighted by Crippen LogP contribution is 1.88. The molecule has 0 rings (SSSR count). The molecule has 0 aliphatic carbocycles. The summed E-state index contributed by atoms with van der Waals surface area (Å²) in [7, 11) is 0. The van der Waals surface area contributed by atoms with Crippen molar-refractivity contribution in [2.45, 2.75) is 19.8 Å². The summed E-state index contributed by atoms with van der Waals surface area (Å²) in [4.78, 5) is 20.6. The van der Waals surface area contributed by atoms with Crippen LogP contribution < -0.4 is 0 Å². The van der Waals surface area contributed by atoms with Gasteiger partial charge < -0.3 is 19.7 Å². The van der Waals surface area contributed by atoms with Crippen LogP contribution in [0.5, 0.6) is 0 Å². The molecule has 2 N–H and O–H groups in total. The molecule has 0 atom stereocenters. The largest absolute Gasteiger partial charge is 0.502 e. The van der Waals surface area contributed by atoms with Gasteiger partial charge in [0, 0.05) is 6.08 Å². The molecule has 0 aliphatic rings. The maximum Gasteiger partial charge on any atom is 0.372 e. The predicted octanol–water partition coefficient (Wildman–Crippen LogP) is 1.11. The standard InChI is InChI=1S/C7H12O2.C5H8O4/c1-3-5-6-9-7(8)4-2;1-4(7)5(8)9-3-2-6/h4H,2-3,5-6H2,1H3;6-7H,1-3H2. The quantitative estimate of drug-likeness (QED) is 0.308. The van der Waals surface area contributed by atoms with E-state index in [0.717, 1.165) is 12.8 Å². The van der Waals surface area contributed by atoms with Gasteiger partial charge in [0.1, 0.15) is 6.61 Å². The lowest BCUT2D eigenvalue weighted by Crippen LogP contribution is -2.09. The van der Waals surface area contributed by atoms with Gasteiger partial charge in [-0.05, 0) is 13.0 Å². The Morgan fingerprint density at radius 3 is 2.28 bits per heavy atom. The number of carbonyl (C=O) groups excluding carboxylic acids is 2. The van der Waals surface area contributed by atoms with E-state index in [-0.39, 0.29) is 19.2 Å². The minimum Gasteiger partial charge on any atom is -0.502 e. The van der Waals surface area contributed by atoms with Crippen molar-refractivity contribution in [2.24, 2.45) is 0 Å². The summed E-state index contributed by atoms with van der Waals surface area (Å²) in [5, 5.41) is 16.4. The van der Waals surface area contributed by atoms with Gasteiger partial charge in [0.05, 0.1) is 13.2 Å². The van der Waals surface area contributed by atoms with Crippen LogP contribution in [0.4, 0.5) is 0 Å². The zero-order valence-corrected chi connectivity index (χ0v) is 10.6. The second-order valence-electron chi connectivity index (χ2n) is 3.03. The molecule has 104 valence electrons. The minimum atomic E-state index is -0.899. The third kappa shape index (κ3) is 14.2. The first-order valence-corrected chi connectivity index (χ1v) is 5.44. The second kappa shape index (κ2) is 13.2. The van der Waals surface area contributed by atoms with Crippen molar-refractivity contribution in [1.82, 2.24) is 0 Å². The van der Waals surface area contributed by atoms with E-state index in [2.05, 4.69) is 22.6 Å². The van der Waals surface area contributed by atoms with Crippen LogP contribution in [-0.4, -0.2) is 42.0 Å². The van der Waals surface area contributed by atoms with Gasteiger partial charge in [0.15, 0.2) is 5.76 Å². The van der Waals surface area contributed by atoms with E-state index in [0.29, 0.717) is 6.61 Å². The Hall–Kier alpha value is -1.82. The summed E-state index contributed by atoms with van der Waals surface area (Å²) >= 11 is 0. The van der Waals surface area contributed by atoms with E-state index in [4.69, 9.17) is 10.2 Å². The van der Waals surface area contributed by atoms with Crippen molar-refractivity contribution in [1.29, 1.82) is 0 Å². The molecule has 0 aliphatic heterocycles. The van der Waals surface area contributed by atoms with Crippen LogP contribution in [0.1, 0.15) is 19.8 Å². The first-order valence-electron chi connectivity index (χ1n) is 5.44. The van der Waals surface area contributed by atoms with Crippen molar-refractivity contribution in [3.8, 4) is 0 Å². The fourth-order valence-electron chi connectivity index (χ4n) is 0.598. The molecule has 0 saturated heterocycles. The van der Waals surface area contributed by atoms with Crippen LogP contribution >= 0.6 is 0 Å². The van der Waals surface area contributed by atoms with Gasteiger partial charge in [-0.1, -0.05) is 19.9 Å². The van der Waals surface area contributed by atoms with E-state index in [1.807, 2.05) is 6.92 Å². The molecule has 0 saturated carbocycles. The molecule has 0 spiro atoms. The summed E-state index contributed by atoms with van der Waals surface area (Å²) in [5.74, 6) is -1.88. The van der Waals surface area contributed by atoms with Gasteiger partial charge in [0.25, 0.3) is 0 Å². The lowest BCUT2D eigenvalue weighted by atomic mass is 10.4. The normalized spacial score (nSPS) is 8.56. The highest BCUT2D eigenvalue weighted by molar-refractivity contribution is 5.84. The maximum atomic E-state index is 10.3. The second-order valence-corrected chi connectivity index (χ2v) is 3.03. The summed E-state index contributed by atoms with van der Waals surface area (Å²) in [6, 6.07) is 0. The Balaban J connectivity index is 0. The molecule has 0 heterocycles. The van der Waals surface area contributed by atoms with Crippen LogP contribution in [0.2, 0.25) is 0 Å². The number of hydrogen-bond donors (Lipinski definition) is 2. The molecule has 18 heavy (non-hydrogen) atoms. The highest BCUT2D eigenvalue weighted by atomic mass is 16.6. The molecule has 6 nitrogen and oxygen atoms in total. The molecule has 0 amide bonds. The average Bonchev–Trinajstić information content (AvgIpc) is 2.36.